The van der Waals surface area contributed by atoms with Crippen molar-refractivity contribution in [1.82, 2.24) is 20.2 Å². The summed E-state index contributed by atoms with van der Waals surface area (Å²) in [4.78, 5) is 1.45. The van der Waals surface area contributed by atoms with Crippen LogP contribution in [0.2, 0.25) is 0 Å². The summed E-state index contributed by atoms with van der Waals surface area (Å²) in [6.45, 7) is 6.60. The molecule has 1 atom stereocenters. The minimum Gasteiger partial charge on any atom is -0.324 e. The first-order valence-corrected chi connectivity index (χ1v) is 6.45. The molecule has 0 aliphatic heterocycles. The maximum Gasteiger partial charge on any atom is 0.176 e. The highest BCUT2D eigenvalue weighted by atomic mass is 15.6. The Bertz CT molecular complexity index is 536. The van der Waals surface area contributed by atoms with E-state index in [2.05, 4.69) is 60.4 Å². The van der Waals surface area contributed by atoms with Crippen LogP contribution in [-0.2, 0) is 18.9 Å². The summed E-state index contributed by atoms with van der Waals surface area (Å²) in [6.07, 6.45) is 0.600. The molecule has 5 nitrogen and oxygen atoms in total. The third-order valence-corrected chi connectivity index (χ3v) is 3.16. The molecule has 19 heavy (non-hydrogen) atoms. The standard InChI is InChI=1S/C14H21N5/c1-14(2,3)11-7-5-10(6-8-11)12(15)9-13-16-18-19(4)17-13/h5-8,12H,9,15H2,1-4H3. The summed E-state index contributed by atoms with van der Waals surface area (Å²) >= 11 is 0. The van der Waals surface area contributed by atoms with Gasteiger partial charge < -0.3 is 5.73 Å². The molecule has 0 spiro atoms. The van der Waals surface area contributed by atoms with Gasteiger partial charge in [-0.15, -0.1) is 10.2 Å². The maximum atomic E-state index is 6.18. The highest BCUT2D eigenvalue weighted by Crippen LogP contribution is 2.24. The van der Waals surface area contributed by atoms with Crippen LogP contribution >= 0.6 is 0 Å². The monoisotopic (exact) mass is 259 g/mol. The van der Waals surface area contributed by atoms with Gasteiger partial charge in [0, 0.05) is 12.5 Å². The Kier molecular flexibility index (Phi) is 3.66. The first-order chi connectivity index (χ1) is 8.86. The van der Waals surface area contributed by atoms with Gasteiger partial charge in [-0.05, 0) is 21.8 Å². The van der Waals surface area contributed by atoms with Crippen molar-refractivity contribution in [1.29, 1.82) is 0 Å². The lowest BCUT2D eigenvalue weighted by Gasteiger charge is -2.20. The van der Waals surface area contributed by atoms with Crippen molar-refractivity contribution >= 4 is 0 Å². The highest BCUT2D eigenvalue weighted by Gasteiger charge is 2.15. The molecule has 0 aliphatic rings. The highest BCUT2D eigenvalue weighted by molar-refractivity contribution is 5.29. The summed E-state index contributed by atoms with van der Waals surface area (Å²) in [5, 5.41) is 11.9. The molecule has 1 unspecified atom stereocenters. The first-order valence-electron chi connectivity index (χ1n) is 6.45. The second-order valence-electron chi connectivity index (χ2n) is 5.88. The predicted octanol–water partition coefficient (Wildman–Crippen LogP) is 1.75. The van der Waals surface area contributed by atoms with Crippen molar-refractivity contribution in [2.24, 2.45) is 12.8 Å². The van der Waals surface area contributed by atoms with Gasteiger partial charge in [-0.1, -0.05) is 45.0 Å². The molecule has 1 aromatic heterocycles. The molecule has 0 amide bonds. The normalized spacial score (nSPS) is 13.5. The average molecular weight is 259 g/mol. The van der Waals surface area contributed by atoms with Crippen LogP contribution in [0.1, 0.15) is 43.8 Å². The summed E-state index contributed by atoms with van der Waals surface area (Å²) in [7, 11) is 1.75. The first kappa shape index (κ1) is 13.7. The quantitative estimate of drug-likeness (QED) is 0.911. The Morgan fingerprint density at radius 1 is 1.21 bits per heavy atom. The smallest absolute Gasteiger partial charge is 0.176 e. The number of rotatable bonds is 3. The van der Waals surface area contributed by atoms with Crippen molar-refractivity contribution in [3.63, 3.8) is 0 Å². The second-order valence-corrected chi connectivity index (χ2v) is 5.88. The van der Waals surface area contributed by atoms with Crippen LogP contribution in [0.15, 0.2) is 24.3 Å². The van der Waals surface area contributed by atoms with Crippen molar-refractivity contribution < 1.29 is 0 Å². The molecule has 1 aromatic carbocycles. The number of nitrogens with two attached hydrogens (primary N) is 1. The Morgan fingerprint density at radius 2 is 1.84 bits per heavy atom. The molecule has 0 radical (unpaired) electrons. The Hall–Kier alpha value is -1.75. The van der Waals surface area contributed by atoms with Crippen LogP contribution in [0.4, 0.5) is 0 Å². The lowest BCUT2D eigenvalue weighted by atomic mass is 9.86. The van der Waals surface area contributed by atoms with Gasteiger partial charge in [0.1, 0.15) is 0 Å². The maximum absolute atomic E-state index is 6.18. The zero-order chi connectivity index (χ0) is 14.0. The molecule has 102 valence electrons. The van der Waals surface area contributed by atoms with Gasteiger partial charge in [0.25, 0.3) is 0 Å². The van der Waals surface area contributed by atoms with Crippen molar-refractivity contribution in [3.8, 4) is 0 Å². The lowest BCUT2D eigenvalue weighted by molar-refractivity contribution is 0.588. The number of aromatic nitrogens is 4. The van der Waals surface area contributed by atoms with E-state index in [4.69, 9.17) is 5.73 Å². The molecule has 0 saturated carbocycles. The van der Waals surface area contributed by atoms with E-state index in [0.717, 1.165) is 5.56 Å². The minimum absolute atomic E-state index is 0.0989. The minimum atomic E-state index is -0.0989. The van der Waals surface area contributed by atoms with E-state index in [0.29, 0.717) is 12.2 Å². The van der Waals surface area contributed by atoms with E-state index in [1.807, 2.05) is 0 Å². The van der Waals surface area contributed by atoms with Gasteiger partial charge in [-0.3, -0.25) is 0 Å². The number of hydrogen-bond donors (Lipinski definition) is 1. The van der Waals surface area contributed by atoms with Gasteiger partial charge in [0.05, 0.1) is 7.05 Å². The Balaban J connectivity index is 2.09. The molecule has 0 aliphatic carbocycles. The van der Waals surface area contributed by atoms with Crippen molar-refractivity contribution in [3.05, 3.63) is 41.2 Å². The van der Waals surface area contributed by atoms with Crippen LogP contribution in [-0.4, -0.2) is 20.2 Å². The molecule has 0 bridgehead atoms. The summed E-state index contributed by atoms with van der Waals surface area (Å²) in [5.74, 6) is 0.676. The van der Waals surface area contributed by atoms with Crippen LogP contribution in [0.25, 0.3) is 0 Å². The number of aryl methyl sites for hydroxylation is 1. The zero-order valence-electron chi connectivity index (χ0n) is 12.0. The van der Waals surface area contributed by atoms with Gasteiger partial charge in [0.15, 0.2) is 5.82 Å². The fraction of sp³-hybridized carbons (Fsp3) is 0.500. The van der Waals surface area contributed by atoms with Gasteiger partial charge >= 0.3 is 0 Å². The van der Waals surface area contributed by atoms with Gasteiger partial charge in [-0.2, -0.15) is 4.80 Å². The molecule has 5 heteroatoms. The summed E-state index contributed by atoms with van der Waals surface area (Å²) in [5.41, 5.74) is 8.74. The van der Waals surface area contributed by atoms with Crippen LogP contribution < -0.4 is 5.73 Å². The van der Waals surface area contributed by atoms with Crippen LogP contribution in [0.3, 0.4) is 0 Å². The number of tetrazole rings is 1. The average Bonchev–Trinajstić information content (AvgIpc) is 2.74. The Morgan fingerprint density at radius 3 is 2.32 bits per heavy atom. The molecule has 0 saturated heterocycles. The van der Waals surface area contributed by atoms with Crippen LogP contribution in [0.5, 0.6) is 0 Å². The lowest BCUT2D eigenvalue weighted by Crippen LogP contribution is -2.16. The predicted molar refractivity (Wildman–Crippen MR) is 74.6 cm³/mol. The number of hydrogen-bond acceptors (Lipinski definition) is 4. The number of benzene rings is 1. The Labute approximate surface area is 113 Å². The second kappa shape index (κ2) is 5.09. The molecule has 2 N–H and O–H groups in total. The fourth-order valence-corrected chi connectivity index (χ4v) is 1.95. The van der Waals surface area contributed by atoms with E-state index in [1.54, 1.807) is 7.05 Å². The van der Waals surface area contributed by atoms with Crippen molar-refractivity contribution in [2.75, 3.05) is 0 Å². The van der Waals surface area contributed by atoms with E-state index < -0.39 is 0 Å². The molecular weight excluding hydrogens is 238 g/mol. The molecule has 2 rings (SSSR count). The third kappa shape index (κ3) is 3.38. The fourth-order valence-electron chi connectivity index (χ4n) is 1.95. The molecule has 0 fully saturated rings. The summed E-state index contributed by atoms with van der Waals surface area (Å²) < 4.78 is 0. The largest absolute Gasteiger partial charge is 0.324 e. The zero-order valence-corrected chi connectivity index (χ0v) is 12.0. The van der Waals surface area contributed by atoms with E-state index >= 15 is 0 Å². The van der Waals surface area contributed by atoms with Gasteiger partial charge in [0.2, 0.25) is 0 Å². The van der Waals surface area contributed by atoms with Crippen LogP contribution in [0, 0.1) is 0 Å². The topological polar surface area (TPSA) is 69.6 Å². The summed E-state index contributed by atoms with van der Waals surface area (Å²) in [6, 6.07) is 8.35. The van der Waals surface area contributed by atoms with E-state index in [1.165, 1.54) is 10.4 Å². The van der Waals surface area contributed by atoms with E-state index in [9.17, 15) is 0 Å². The van der Waals surface area contributed by atoms with Crippen molar-refractivity contribution in [2.45, 2.75) is 38.6 Å². The molecule has 1 heterocycles. The number of nitrogens with zero attached hydrogens (tertiary/aromatic N) is 4. The molecule has 2 aromatic rings. The SMILES string of the molecule is Cn1nnc(CC(N)c2ccc(C(C)(C)C)cc2)n1. The van der Waals surface area contributed by atoms with E-state index in [-0.39, 0.29) is 11.5 Å². The molecular formula is C14H21N5. The third-order valence-electron chi connectivity index (χ3n) is 3.16. The van der Waals surface area contributed by atoms with Gasteiger partial charge in [-0.25, -0.2) is 0 Å².